The maximum absolute atomic E-state index is 12.9. The van der Waals surface area contributed by atoms with Crippen molar-refractivity contribution in [3.05, 3.63) is 21.9 Å². The Labute approximate surface area is 161 Å². The second kappa shape index (κ2) is 7.85. The summed E-state index contributed by atoms with van der Waals surface area (Å²) in [6, 6.07) is 0. The summed E-state index contributed by atoms with van der Waals surface area (Å²) in [5.74, 6) is -0.392. The Balaban J connectivity index is 1.68. The zero-order valence-corrected chi connectivity index (χ0v) is 15.6. The maximum Gasteiger partial charge on any atom is 0.421 e. The molecule has 1 fully saturated rings. The number of aromatic nitrogens is 3. The molecule has 27 heavy (non-hydrogen) atoms. The number of nitrogens with one attached hydrogen (secondary N) is 2. The van der Waals surface area contributed by atoms with Crippen LogP contribution >= 0.6 is 22.9 Å². The van der Waals surface area contributed by atoms with E-state index in [4.69, 9.17) is 16.3 Å². The molecule has 2 N–H and O–H groups in total. The molecule has 12 heteroatoms. The summed E-state index contributed by atoms with van der Waals surface area (Å²) in [4.78, 5) is 23.3. The molecule has 0 amide bonds. The third-order valence-electron chi connectivity index (χ3n) is 3.66. The van der Waals surface area contributed by atoms with E-state index in [2.05, 4.69) is 25.6 Å². The van der Waals surface area contributed by atoms with E-state index in [1.54, 1.807) is 0 Å². The van der Waals surface area contributed by atoms with Crippen LogP contribution in [0.25, 0.3) is 0 Å². The molecule has 0 bridgehead atoms. The average molecular weight is 422 g/mol. The minimum Gasteiger partial charge on any atom is -0.465 e. The fourth-order valence-electron chi connectivity index (χ4n) is 2.11. The van der Waals surface area contributed by atoms with Crippen LogP contribution in [-0.4, -0.2) is 34.6 Å². The molecule has 0 aromatic carbocycles. The molecular weight excluding hydrogens is 407 g/mol. The van der Waals surface area contributed by atoms with Crippen LogP contribution in [0.5, 0.6) is 0 Å². The van der Waals surface area contributed by atoms with Gasteiger partial charge in [0.2, 0.25) is 5.95 Å². The molecule has 0 atom stereocenters. The van der Waals surface area contributed by atoms with E-state index in [-0.39, 0.29) is 23.3 Å². The van der Waals surface area contributed by atoms with Crippen LogP contribution in [0.3, 0.4) is 0 Å². The van der Waals surface area contributed by atoms with Gasteiger partial charge in [0.05, 0.1) is 13.0 Å². The van der Waals surface area contributed by atoms with E-state index >= 15 is 0 Å². The number of esters is 1. The predicted molar refractivity (Wildman–Crippen MR) is 94.4 cm³/mol. The fourth-order valence-corrected chi connectivity index (χ4v) is 3.26. The number of hydrogen-bond acceptors (Lipinski definition) is 8. The first kappa shape index (κ1) is 19.6. The number of anilines is 3. The second-order valence-electron chi connectivity index (χ2n) is 5.86. The highest BCUT2D eigenvalue weighted by molar-refractivity contribution is 7.16. The van der Waals surface area contributed by atoms with Gasteiger partial charge in [0.1, 0.15) is 21.4 Å². The van der Waals surface area contributed by atoms with Crippen molar-refractivity contribution in [2.45, 2.75) is 25.4 Å². The van der Waals surface area contributed by atoms with Crippen LogP contribution in [0, 0.1) is 5.92 Å². The first-order valence-electron chi connectivity index (χ1n) is 7.96. The summed E-state index contributed by atoms with van der Waals surface area (Å²) < 4.78 is 43.8. The number of nitrogens with zero attached hydrogens (tertiary/aromatic N) is 3. The minimum absolute atomic E-state index is 0.0333. The van der Waals surface area contributed by atoms with Crippen molar-refractivity contribution in [3.8, 4) is 0 Å². The topological polar surface area (TPSA) is 89.0 Å². The molecule has 1 aliphatic carbocycles. The van der Waals surface area contributed by atoms with Gasteiger partial charge in [0.15, 0.2) is 5.15 Å². The number of carbonyl (C=O) groups is 1. The highest BCUT2D eigenvalue weighted by atomic mass is 35.5. The van der Waals surface area contributed by atoms with Crippen molar-refractivity contribution in [2.24, 2.45) is 5.92 Å². The Kier molecular flexibility index (Phi) is 5.70. The molecule has 2 aromatic heterocycles. The van der Waals surface area contributed by atoms with Gasteiger partial charge in [-0.15, -0.1) is 0 Å². The molecule has 2 heterocycles. The van der Waals surface area contributed by atoms with Gasteiger partial charge in [0.25, 0.3) is 0 Å². The molecule has 0 spiro atoms. The zero-order chi connectivity index (χ0) is 19.6. The largest absolute Gasteiger partial charge is 0.465 e. The molecule has 1 aliphatic rings. The fraction of sp³-hybridized carbons (Fsp3) is 0.467. The van der Waals surface area contributed by atoms with Crippen LogP contribution in [0.1, 0.15) is 23.4 Å². The molecule has 146 valence electrons. The van der Waals surface area contributed by atoms with E-state index in [9.17, 15) is 18.0 Å². The van der Waals surface area contributed by atoms with Crippen LogP contribution in [0.4, 0.5) is 29.9 Å². The predicted octanol–water partition coefficient (Wildman–Crippen LogP) is 3.89. The smallest absolute Gasteiger partial charge is 0.421 e. The lowest BCUT2D eigenvalue weighted by Crippen LogP contribution is -2.12. The summed E-state index contributed by atoms with van der Waals surface area (Å²) in [6.45, 7) is 0.412. The third-order valence-corrected chi connectivity index (χ3v) is 5.02. The van der Waals surface area contributed by atoms with Crippen LogP contribution in [0.15, 0.2) is 6.20 Å². The maximum atomic E-state index is 12.9. The molecule has 0 unspecified atom stereocenters. The molecule has 0 radical (unpaired) electrons. The van der Waals surface area contributed by atoms with Gasteiger partial charge in [-0.05, 0) is 18.8 Å². The number of halogens is 4. The Hall–Kier alpha value is -2.14. The Morgan fingerprint density at radius 1 is 1.41 bits per heavy atom. The number of alkyl halides is 3. The van der Waals surface area contributed by atoms with Crippen molar-refractivity contribution in [2.75, 3.05) is 24.3 Å². The van der Waals surface area contributed by atoms with Gasteiger partial charge >= 0.3 is 12.1 Å². The standard InChI is InChI=1S/C15H15ClF3N5O2S/c1-20-12-8(15(17,18)19)5-21-14(23-12)24-13-11(16)22-9(27-13)4-10(25)26-6-7-2-3-7/h5,7H,2-4,6H2,1H3,(H2,20,21,23,24). The first-order valence-corrected chi connectivity index (χ1v) is 9.15. The number of carbonyl (C=O) groups excluding carboxylic acids is 1. The molecule has 3 rings (SSSR count). The lowest BCUT2D eigenvalue weighted by Gasteiger charge is -2.12. The quantitative estimate of drug-likeness (QED) is 0.655. The molecule has 1 saturated carbocycles. The van der Waals surface area contributed by atoms with Crippen molar-refractivity contribution >= 4 is 45.7 Å². The lowest BCUT2D eigenvalue weighted by molar-refractivity contribution is -0.143. The Morgan fingerprint density at radius 3 is 2.78 bits per heavy atom. The van der Waals surface area contributed by atoms with Crippen molar-refractivity contribution in [3.63, 3.8) is 0 Å². The lowest BCUT2D eigenvalue weighted by atomic mass is 10.3. The van der Waals surface area contributed by atoms with Crippen molar-refractivity contribution in [1.29, 1.82) is 0 Å². The zero-order valence-electron chi connectivity index (χ0n) is 14.1. The van der Waals surface area contributed by atoms with Crippen LogP contribution < -0.4 is 10.6 Å². The van der Waals surface area contributed by atoms with E-state index in [1.807, 2.05) is 0 Å². The minimum atomic E-state index is -4.58. The van der Waals surface area contributed by atoms with Gasteiger partial charge in [-0.3, -0.25) is 4.79 Å². The van der Waals surface area contributed by atoms with Crippen LogP contribution in [0.2, 0.25) is 5.15 Å². The molecule has 0 saturated heterocycles. The summed E-state index contributed by atoms with van der Waals surface area (Å²) in [7, 11) is 1.33. The van der Waals surface area contributed by atoms with E-state index in [0.717, 1.165) is 24.2 Å². The van der Waals surface area contributed by atoms with Gasteiger partial charge in [0, 0.05) is 13.2 Å². The van der Waals surface area contributed by atoms with E-state index < -0.39 is 17.7 Å². The van der Waals surface area contributed by atoms with Gasteiger partial charge in [-0.2, -0.15) is 18.2 Å². The number of hydrogen-bond donors (Lipinski definition) is 2. The summed E-state index contributed by atoms with van der Waals surface area (Å²) in [5, 5.41) is 5.92. The summed E-state index contributed by atoms with van der Waals surface area (Å²) in [6.07, 6.45) is -1.79. The Bertz CT molecular complexity index is 841. The molecule has 7 nitrogen and oxygen atoms in total. The average Bonchev–Trinajstić information content (AvgIpc) is 3.36. The van der Waals surface area contributed by atoms with Crippen molar-refractivity contribution in [1.82, 2.24) is 15.0 Å². The van der Waals surface area contributed by atoms with Crippen LogP contribution in [-0.2, 0) is 22.1 Å². The first-order chi connectivity index (χ1) is 12.8. The summed E-state index contributed by atoms with van der Waals surface area (Å²) >= 11 is 7.10. The highest BCUT2D eigenvalue weighted by Gasteiger charge is 2.35. The normalized spacial score (nSPS) is 14.1. The van der Waals surface area contributed by atoms with Crippen molar-refractivity contribution < 1.29 is 22.7 Å². The SMILES string of the molecule is CNc1nc(Nc2sc(CC(=O)OCC3CC3)nc2Cl)ncc1C(F)(F)F. The third kappa shape index (κ3) is 5.19. The molecular formula is C15H15ClF3N5O2S. The molecule has 0 aliphatic heterocycles. The monoisotopic (exact) mass is 421 g/mol. The number of thiazole rings is 1. The molecule has 2 aromatic rings. The highest BCUT2D eigenvalue weighted by Crippen LogP contribution is 2.35. The van der Waals surface area contributed by atoms with E-state index in [1.165, 1.54) is 7.05 Å². The summed E-state index contributed by atoms with van der Waals surface area (Å²) in [5.41, 5.74) is -0.981. The Morgan fingerprint density at radius 2 is 2.15 bits per heavy atom. The second-order valence-corrected chi connectivity index (χ2v) is 7.30. The van der Waals surface area contributed by atoms with Gasteiger partial charge in [-0.1, -0.05) is 22.9 Å². The number of ether oxygens (including phenoxy) is 1. The van der Waals surface area contributed by atoms with Gasteiger partial charge < -0.3 is 15.4 Å². The van der Waals surface area contributed by atoms with E-state index in [0.29, 0.717) is 28.7 Å². The number of rotatable bonds is 7. The van der Waals surface area contributed by atoms with Gasteiger partial charge in [-0.25, -0.2) is 9.97 Å².